The number of fused-ring (bicyclic) bond motifs is 1. The maximum Gasteiger partial charge on any atom is 0.262 e. The molecular weight excluding hydrogens is 502 g/mol. The fraction of sp³-hybridized carbons (Fsp3) is 0.259. The monoisotopic (exact) mass is 531 g/mol. The van der Waals surface area contributed by atoms with E-state index in [-0.39, 0.29) is 10.8 Å². The minimum absolute atomic E-state index is 0.210. The van der Waals surface area contributed by atoms with Crippen molar-refractivity contribution < 1.29 is 13.2 Å². The van der Waals surface area contributed by atoms with Crippen LogP contribution in [0.15, 0.2) is 71.5 Å². The van der Waals surface area contributed by atoms with Crippen LogP contribution in [-0.2, 0) is 10.0 Å². The van der Waals surface area contributed by atoms with Gasteiger partial charge in [-0.15, -0.1) is 0 Å². The molecule has 3 aromatic heterocycles. The Morgan fingerprint density at radius 1 is 1.16 bits per heavy atom. The maximum atomic E-state index is 13.3. The van der Waals surface area contributed by atoms with E-state index in [1.807, 2.05) is 13.0 Å². The molecule has 3 heterocycles. The fourth-order valence-corrected chi connectivity index (χ4v) is 5.37. The van der Waals surface area contributed by atoms with E-state index in [1.54, 1.807) is 51.9 Å². The number of hydrogen-bond donors (Lipinski definition) is 1. The van der Waals surface area contributed by atoms with E-state index < -0.39 is 10.0 Å². The van der Waals surface area contributed by atoms with Gasteiger partial charge in [0.2, 0.25) is 10.0 Å². The topological polar surface area (TPSA) is 114 Å². The summed E-state index contributed by atoms with van der Waals surface area (Å²) in [5, 5.41) is 12.1. The second-order valence-electron chi connectivity index (χ2n) is 9.66. The molecule has 0 bridgehead atoms. The van der Waals surface area contributed by atoms with Gasteiger partial charge in [0.1, 0.15) is 11.4 Å². The SMILES string of the molecule is CC1=CC=C(n2nc(-c3ccc(S(=O)(=O)N(C)C)cc3C)cc2NC(=O)c2cnn3cccnc23)CC1C. The molecule has 1 aliphatic carbocycles. The van der Waals surface area contributed by atoms with Crippen LogP contribution in [0.25, 0.3) is 22.6 Å². The highest BCUT2D eigenvalue weighted by atomic mass is 32.2. The number of carbonyl (C=O) groups is 1. The van der Waals surface area contributed by atoms with Crippen LogP contribution in [0.3, 0.4) is 0 Å². The Morgan fingerprint density at radius 2 is 1.95 bits per heavy atom. The van der Waals surface area contributed by atoms with Crippen LogP contribution < -0.4 is 5.32 Å². The lowest BCUT2D eigenvalue weighted by Gasteiger charge is -2.20. The summed E-state index contributed by atoms with van der Waals surface area (Å²) in [5.74, 6) is 0.468. The number of aromatic nitrogens is 5. The molecule has 1 N–H and O–H groups in total. The van der Waals surface area contributed by atoms with Gasteiger partial charge in [-0.05, 0) is 56.0 Å². The van der Waals surface area contributed by atoms with Crippen LogP contribution in [0.2, 0.25) is 0 Å². The molecule has 1 atom stereocenters. The van der Waals surface area contributed by atoms with Crippen molar-refractivity contribution in [2.45, 2.75) is 32.1 Å². The first kappa shape index (κ1) is 25.6. The number of nitrogens with one attached hydrogen (secondary N) is 1. The minimum Gasteiger partial charge on any atom is -0.306 e. The summed E-state index contributed by atoms with van der Waals surface area (Å²) in [6, 6.07) is 8.51. The van der Waals surface area contributed by atoms with E-state index in [9.17, 15) is 13.2 Å². The van der Waals surface area contributed by atoms with E-state index in [0.717, 1.165) is 23.2 Å². The Hall–Kier alpha value is -4.09. The van der Waals surface area contributed by atoms with Crippen LogP contribution in [-0.4, -0.2) is 57.1 Å². The number of allylic oxidation sites excluding steroid dienone is 4. The summed E-state index contributed by atoms with van der Waals surface area (Å²) in [4.78, 5) is 17.8. The predicted octanol–water partition coefficient (Wildman–Crippen LogP) is 4.23. The fourth-order valence-electron chi connectivity index (χ4n) is 4.38. The molecule has 0 spiro atoms. The molecule has 10 nitrogen and oxygen atoms in total. The molecule has 5 rings (SSSR count). The van der Waals surface area contributed by atoms with Crippen LogP contribution >= 0.6 is 0 Å². The summed E-state index contributed by atoms with van der Waals surface area (Å²) in [6.45, 7) is 6.10. The third-order valence-corrected chi connectivity index (χ3v) is 8.64. The Bertz CT molecular complexity index is 1730. The van der Waals surface area contributed by atoms with Crippen LogP contribution in [0.5, 0.6) is 0 Å². The second kappa shape index (κ2) is 9.66. The largest absolute Gasteiger partial charge is 0.306 e. The number of hydrogen-bond acceptors (Lipinski definition) is 6. The van der Waals surface area contributed by atoms with Crippen molar-refractivity contribution >= 4 is 33.1 Å². The molecule has 11 heteroatoms. The van der Waals surface area contributed by atoms with Gasteiger partial charge in [0, 0.05) is 43.8 Å². The van der Waals surface area contributed by atoms with E-state index in [2.05, 4.69) is 35.3 Å². The molecule has 0 aliphatic heterocycles. The van der Waals surface area contributed by atoms with Gasteiger partial charge in [-0.3, -0.25) is 4.79 Å². The standard InChI is InChI=1S/C27H29N7O3S/c1-17-7-8-20(13-18(17)2)34-25(30-27(35)23-16-29-33-12-6-11-28-26(23)33)15-24(31-34)22-10-9-21(14-19(22)3)38(36,37)32(4)5/h6-12,14-16,18H,13H2,1-5H3,(H,30,35). The first-order valence-electron chi connectivity index (χ1n) is 12.2. The molecule has 0 radical (unpaired) electrons. The highest BCUT2D eigenvalue weighted by Crippen LogP contribution is 2.33. The molecule has 0 fully saturated rings. The number of amides is 1. The molecule has 0 saturated carbocycles. The van der Waals surface area contributed by atoms with Gasteiger partial charge >= 0.3 is 0 Å². The van der Waals surface area contributed by atoms with Gasteiger partial charge in [0.25, 0.3) is 5.91 Å². The van der Waals surface area contributed by atoms with Crippen LogP contribution in [0.4, 0.5) is 5.82 Å². The quantitative estimate of drug-likeness (QED) is 0.398. The van der Waals surface area contributed by atoms with Crippen molar-refractivity contribution in [3.63, 3.8) is 0 Å². The number of rotatable bonds is 6. The van der Waals surface area contributed by atoms with Gasteiger partial charge < -0.3 is 5.32 Å². The molecule has 4 aromatic rings. The maximum absolute atomic E-state index is 13.3. The normalized spacial score (nSPS) is 16.0. The number of benzene rings is 1. The lowest BCUT2D eigenvalue weighted by molar-refractivity contribution is 0.102. The zero-order chi connectivity index (χ0) is 27.2. The molecule has 1 aromatic carbocycles. The average Bonchev–Trinajstić information content (AvgIpc) is 3.50. The first-order chi connectivity index (χ1) is 18.1. The molecule has 196 valence electrons. The van der Waals surface area contributed by atoms with Crippen LogP contribution in [0, 0.1) is 12.8 Å². The Morgan fingerprint density at radius 3 is 2.66 bits per heavy atom. The Labute approximate surface area is 221 Å². The number of sulfonamides is 1. The summed E-state index contributed by atoms with van der Waals surface area (Å²) in [5.41, 5.74) is 5.15. The average molecular weight is 532 g/mol. The lowest BCUT2D eigenvalue weighted by atomic mass is 9.93. The lowest BCUT2D eigenvalue weighted by Crippen LogP contribution is -2.22. The zero-order valence-corrected chi connectivity index (χ0v) is 22.7. The smallest absolute Gasteiger partial charge is 0.262 e. The first-order valence-corrected chi connectivity index (χ1v) is 13.6. The molecule has 1 unspecified atom stereocenters. The van der Waals surface area contributed by atoms with Crippen LogP contribution in [0.1, 0.15) is 36.2 Å². The minimum atomic E-state index is -3.57. The van der Waals surface area contributed by atoms with Crippen molar-refractivity contribution in [1.29, 1.82) is 0 Å². The molecule has 1 amide bonds. The van der Waals surface area contributed by atoms with E-state index in [4.69, 9.17) is 5.10 Å². The van der Waals surface area contributed by atoms with Crippen molar-refractivity contribution in [2.75, 3.05) is 19.4 Å². The third-order valence-electron chi connectivity index (χ3n) is 6.83. The zero-order valence-electron chi connectivity index (χ0n) is 21.9. The number of nitrogens with zero attached hydrogens (tertiary/aromatic N) is 6. The van der Waals surface area contributed by atoms with E-state index >= 15 is 0 Å². The highest BCUT2D eigenvalue weighted by Gasteiger charge is 2.23. The number of carbonyl (C=O) groups excluding carboxylic acids is 1. The Balaban J connectivity index is 1.57. The summed E-state index contributed by atoms with van der Waals surface area (Å²) >= 11 is 0. The molecule has 1 aliphatic rings. The van der Waals surface area contributed by atoms with Crippen molar-refractivity contribution in [3.05, 3.63) is 77.8 Å². The molecule has 38 heavy (non-hydrogen) atoms. The van der Waals surface area contributed by atoms with E-state index in [1.165, 1.54) is 30.2 Å². The molecular formula is C27H29N7O3S. The Kier molecular flexibility index (Phi) is 6.49. The van der Waals surface area contributed by atoms with Crippen molar-refractivity contribution in [2.24, 2.45) is 5.92 Å². The van der Waals surface area contributed by atoms with Crippen molar-refractivity contribution in [3.8, 4) is 11.3 Å². The summed E-state index contributed by atoms with van der Waals surface area (Å²) in [6.07, 6.45) is 9.66. The van der Waals surface area contributed by atoms with Gasteiger partial charge in [-0.25, -0.2) is 26.9 Å². The summed E-state index contributed by atoms with van der Waals surface area (Å²) in [7, 11) is -0.560. The number of anilines is 1. The second-order valence-corrected chi connectivity index (χ2v) is 11.8. The van der Waals surface area contributed by atoms with Gasteiger partial charge in [-0.2, -0.15) is 10.2 Å². The molecule has 0 saturated heterocycles. The number of aryl methyl sites for hydroxylation is 1. The van der Waals surface area contributed by atoms with Gasteiger partial charge in [0.15, 0.2) is 5.65 Å². The van der Waals surface area contributed by atoms with E-state index in [0.29, 0.717) is 28.6 Å². The highest BCUT2D eigenvalue weighted by molar-refractivity contribution is 7.89. The third kappa shape index (κ3) is 4.54. The van der Waals surface area contributed by atoms with Gasteiger partial charge in [0.05, 0.1) is 16.8 Å². The summed E-state index contributed by atoms with van der Waals surface area (Å²) < 4.78 is 29.7. The van der Waals surface area contributed by atoms with Crippen molar-refractivity contribution in [1.82, 2.24) is 28.7 Å². The van der Waals surface area contributed by atoms with Gasteiger partial charge in [-0.1, -0.05) is 24.6 Å². The predicted molar refractivity (Wildman–Crippen MR) is 146 cm³/mol.